The topological polar surface area (TPSA) is 105 Å². The highest BCUT2D eigenvalue weighted by molar-refractivity contribution is 6.30. The molecule has 0 fully saturated rings. The highest BCUT2D eigenvalue weighted by Gasteiger charge is 2.25. The first kappa shape index (κ1) is 26.6. The average molecular weight is 573 g/mol. The van der Waals surface area contributed by atoms with Crippen LogP contribution in [-0.4, -0.2) is 12.5 Å². The number of hydrogen-bond donors (Lipinski definition) is 1. The van der Waals surface area contributed by atoms with Gasteiger partial charge in [-0.15, -0.1) is 0 Å². The summed E-state index contributed by atoms with van der Waals surface area (Å²) in [7, 11) is 0. The van der Waals surface area contributed by atoms with E-state index < -0.39 is 17.9 Å². The molecule has 0 aliphatic rings. The SMILES string of the molecule is N#Cc1c(NC(=O)COc2c(-c3ccc(Cl)cc3)oc3ccccc3c2=O)oc(-c2ccccc2)c1-c1ccccc1. The molecular formula is C34H21ClN2O5. The molecule has 2 heterocycles. The van der Waals surface area contributed by atoms with Crippen LogP contribution in [0.4, 0.5) is 5.88 Å². The van der Waals surface area contributed by atoms with Crippen LogP contribution in [0.2, 0.25) is 5.02 Å². The molecular weight excluding hydrogens is 552 g/mol. The van der Waals surface area contributed by atoms with Gasteiger partial charge >= 0.3 is 0 Å². The Bertz CT molecular complexity index is 2010. The summed E-state index contributed by atoms with van der Waals surface area (Å²) in [5.74, 6) is -0.172. The van der Waals surface area contributed by atoms with E-state index in [-0.39, 0.29) is 23.0 Å². The number of halogens is 1. The van der Waals surface area contributed by atoms with Crippen molar-refractivity contribution in [1.82, 2.24) is 0 Å². The molecule has 0 aliphatic carbocycles. The molecule has 7 nitrogen and oxygen atoms in total. The van der Waals surface area contributed by atoms with Gasteiger partial charge in [-0.1, -0.05) is 84.4 Å². The third-order valence-electron chi connectivity index (χ3n) is 6.58. The highest BCUT2D eigenvalue weighted by Crippen LogP contribution is 2.41. The number of furan rings is 1. The smallest absolute Gasteiger partial charge is 0.264 e. The number of hydrogen-bond acceptors (Lipinski definition) is 6. The largest absolute Gasteiger partial charge is 0.476 e. The maximum atomic E-state index is 13.4. The van der Waals surface area contributed by atoms with E-state index in [9.17, 15) is 14.9 Å². The van der Waals surface area contributed by atoms with Crippen molar-refractivity contribution in [2.24, 2.45) is 0 Å². The summed E-state index contributed by atoms with van der Waals surface area (Å²) in [5, 5.41) is 13.6. The predicted molar refractivity (Wildman–Crippen MR) is 161 cm³/mol. The number of nitriles is 1. The summed E-state index contributed by atoms with van der Waals surface area (Å²) in [4.78, 5) is 26.6. The second-order valence-electron chi connectivity index (χ2n) is 9.28. The third-order valence-corrected chi connectivity index (χ3v) is 6.83. The van der Waals surface area contributed by atoms with E-state index in [0.29, 0.717) is 32.9 Å². The standard InChI is InChI=1S/C34H21ClN2O5/c35-24-17-15-23(16-18-24)32-33(30(39)25-13-7-8-14-27(25)41-32)40-20-28(38)37-34-26(19-36)29(21-9-3-1-4-10-21)31(42-34)22-11-5-2-6-12-22/h1-18H,20H2,(H,37,38). The molecule has 0 aliphatic heterocycles. The Morgan fingerprint density at radius 1 is 0.786 bits per heavy atom. The summed E-state index contributed by atoms with van der Waals surface area (Å²) in [6, 6.07) is 34.3. The summed E-state index contributed by atoms with van der Waals surface area (Å²) in [6.45, 7) is -0.545. The lowest BCUT2D eigenvalue weighted by Gasteiger charge is -2.11. The quantitative estimate of drug-likeness (QED) is 0.208. The molecule has 0 saturated heterocycles. The molecule has 1 N–H and O–H groups in total. The number of fused-ring (bicyclic) bond motifs is 1. The van der Waals surface area contributed by atoms with Crippen molar-refractivity contribution in [3.8, 4) is 45.6 Å². The van der Waals surface area contributed by atoms with Crippen LogP contribution in [-0.2, 0) is 4.79 Å². The molecule has 204 valence electrons. The minimum atomic E-state index is -0.630. The van der Waals surface area contributed by atoms with Crippen LogP contribution in [0.5, 0.6) is 5.75 Å². The molecule has 0 bridgehead atoms. The number of anilines is 1. The number of carbonyl (C=O) groups excluding carboxylic acids is 1. The second-order valence-corrected chi connectivity index (χ2v) is 9.72. The first-order chi connectivity index (χ1) is 20.5. The molecule has 8 heteroatoms. The fourth-order valence-electron chi connectivity index (χ4n) is 4.65. The Morgan fingerprint density at radius 3 is 2.10 bits per heavy atom. The van der Waals surface area contributed by atoms with Crippen LogP contribution in [0, 0.1) is 11.3 Å². The summed E-state index contributed by atoms with van der Waals surface area (Å²) in [5.41, 5.74) is 2.72. The Balaban J connectivity index is 1.34. The van der Waals surface area contributed by atoms with Crippen LogP contribution in [0.15, 0.2) is 123 Å². The summed E-state index contributed by atoms with van der Waals surface area (Å²) in [6.07, 6.45) is 0. The maximum Gasteiger partial charge on any atom is 0.264 e. The molecule has 0 spiro atoms. The minimum absolute atomic E-state index is 0.0210. The minimum Gasteiger partial charge on any atom is -0.476 e. The van der Waals surface area contributed by atoms with Gasteiger partial charge in [0.25, 0.3) is 5.91 Å². The van der Waals surface area contributed by atoms with E-state index in [4.69, 9.17) is 25.2 Å². The number of carbonyl (C=O) groups is 1. The zero-order valence-corrected chi connectivity index (χ0v) is 22.7. The van der Waals surface area contributed by atoms with Crippen molar-refractivity contribution in [2.75, 3.05) is 11.9 Å². The molecule has 6 aromatic rings. The van der Waals surface area contributed by atoms with Crippen molar-refractivity contribution < 1.29 is 18.4 Å². The van der Waals surface area contributed by atoms with Crippen LogP contribution >= 0.6 is 11.6 Å². The molecule has 0 atom stereocenters. The molecule has 4 aromatic carbocycles. The monoisotopic (exact) mass is 572 g/mol. The third kappa shape index (κ3) is 5.15. The molecule has 0 unspecified atom stereocenters. The van der Waals surface area contributed by atoms with Gasteiger partial charge in [-0.3, -0.25) is 14.9 Å². The molecule has 1 amide bonds. The van der Waals surface area contributed by atoms with Crippen molar-refractivity contribution in [1.29, 1.82) is 5.26 Å². The van der Waals surface area contributed by atoms with Crippen LogP contribution in [0.3, 0.4) is 0 Å². The first-order valence-corrected chi connectivity index (χ1v) is 13.3. The number of nitrogens with one attached hydrogen (secondary N) is 1. The molecule has 0 radical (unpaired) electrons. The predicted octanol–water partition coefficient (Wildman–Crippen LogP) is 7.93. The van der Waals surface area contributed by atoms with Gasteiger partial charge in [-0.25, -0.2) is 0 Å². The van der Waals surface area contributed by atoms with Gasteiger partial charge in [0.2, 0.25) is 17.1 Å². The van der Waals surface area contributed by atoms with Crippen molar-refractivity contribution in [3.63, 3.8) is 0 Å². The van der Waals surface area contributed by atoms with Gasteiger partial charge < -0.3 is 13.6 Å². The Morgan fingerprint density at radius 2 is 1.40 bits per heavy atom. The first-order valence-electron chi connectivity index (χ1n) is 13.0. The lowest BCUT2D eigenvalue weighted by Crippen LogP contribution is -2.22. The van der Waals surface area contributed by atoms with E-state index in [1.165, 1.54) is 0 Å². The summed E-state index contributed by atoms with van der Waals surface area (Å²) >= 11 is 6.05. The number of amides is 1. The van der Waals surface area contributed by atoms with Crippen molar-refractivity contribution in [2.45, 2.75) is 0 Å². The zero-order valence-electron chi connectivity index (χ0n) is 22.0. The molecule has 6 rings (SSSR count). The maximum absolute atomic E-state index is 13.4. The lowest BCUT2D eigenvalue weighted by molar-refractivity contribution is -0.118. The number of benzene rings is 4. The van der Waals surface area contributed by atoms with Crippen molar-refractivity contribution in [3.05, 3.63) is 130 Å². The Kier molecular flexibility index (Phi) is 7.29. The highest BCUT2D eigenvalue weighted by atomic mass is 35.5. The number of nitrogens with zero attached hydrogens (tertiary/aromatic N) is 1. The number of para-hydroxylation sites is 1. The van der Waals surface area contributed by atoms with Crippen molar-refractivity contribution >= 4 is 34.4 Å². The van der Waals surface area contributed by atoms with Gasteiger partial charge in [-0.2, -0.15) is 5.26 Å². The van der Waals surface area contributed by atoms with E-state index in [1.807, 2.05) is 60.7 Å². The fourth-order valence-corrected chi connectivity index (χ4v) is 4.77. The van der Waals surface area contributed by atoms with Gasteiger partial charge in [0.05, 0.1) is 5.39 Å². The van der Waals surface area contributed by atoms with Gasteiger partial charge in [0.15, 0.2) is 12.4 Å². The number of rotatable bonds is 7. The average Bonchev–Trinajstić information content (AvgIpc) is 3.39. The van der Waals surface area contributed by atoms with Gasteiger partial charge in [0.1, 0.15) is 23.0 Å². The van der Waals surface area contributed by atoms with E-state index in [2.05, 4.69) is 11.4 Å². The number of ether oxygens (including phenoxy) is 1. The van der Waals surface area contributed by atoms with E-state index >= 15 is 0 Å². The van der Waals surface area contributed by atoms with E-state index in [0.717, 1.165) is 11.1 Å². The van der Waals surface area contributed by atoms with Crippen LogP contribution in [0.25, 0.3) is 44.7 Å². The van der Waals surface area contributed by atoms with Crippen LogP contribution < -0.4 is 15.5 Å². The van der Waals surface area contributed by atoms with Crippen LogP contribution in [0.1, 0.15) is 5.56 Å². The normalized spacial score (nSPS) is 10.8. The lowest BCUT2D eigenvalue weighted by atomic mass is 9.98. The second kappa shape index (κ2) is 11.5. The fraction of sp³-hybridized carbons (Fsp3) is 0.0294. The summed E-state index contributed by atoms with van der Waals surface area (Å²) < 4.78 is 17.9. The Labute approximate surface area is 245 Å². The zero-order chi connectivity index (χ0) is 29.1. The molecule has 0 saturated carbocycles. The molecule has 2 aromatic heterocycles. The van der Waals surface area contributed by atoms with Gasteiger partial charge in [-0.05, 0) is 42.0 Å². The molecule has 42 heavy (non-hydrogen) atoms. The van der Waals surface area contributed by atoms with E-state index in [1.54, 1.807) is 48.5 Å². The Hall–Kier alpha value is -5.58. The van der Waals surface area contributed by atoms with Gasteiger partial charge in [0, 0.05) is 21.7 Å².